The maximum Gasteiger partial charge on any atom is 0.226 e. The van der Waals surface area contributed by atoms with Crippen LogP contribution in [-0.4, -0.2) is 30.2 Å². The SMILES string of the molecule is CCn1ncc(-c2csc(NC(=O)CCCn3ccnc3C)n2)c1C. The molecule has 0 unspecified atom stereocenters. The van der Waals surface area contributed by atoms with E-state index < -0.39 is 0 Å². The number of imidazole rings is 1. The molecule has 1 amide bonds. The molecule has 0 aromatic carbocycles. The third-order valence-corrected chi connectivity index (χ3v) is 4.91. The lowest BCUT2D eigenvalue weighted by atomic mass is 10.2. The van der Waals surface area contributed by atoms with Gasteiger partial charge >= 0.3 is 0 Å². The van der Waals surface area contributed by atoms with E-state index in [1.807, 2.05) is 40.9 Å². The van der Waals surface area contributed by atoms with Crippen LogP contribution in [-0.2, 0) is 17.9 Å². The Bertz CT molecular complexity index is 862. The number of aryl methyl sites for hydroxylation is 3. The van der Waals surface area contributed by atoms with E-state index in [9.17, 15) is 4.79 Å². The second kappa shape index (κ2) is 7.60. The summed E-state index contributed by atoms with van der Waals surface area (Å²) in [5.41, 5.74) is 2.95. The molecule has 0 radical (unpaired) electrons. The van der Waals surface area contributed by atoms with Crippen molar-refractivity contribution >= 4 is 22.4 Å². The Balaban J connectivity index is 1.55. The van der Waals surface area contributed by atoms with Gasteiger partial charge in [0.15, 0.2) is 5.13 Å². The number of amides is 1. The molecule has 25 heavy (non-hydrogen) atoms. The van der Waals surface area contributed by atoms with E-state index in [0.717, 1.165) is 42.3 Å². The van der Waals surface area contributed by atoms with Crippen LogP contribution in [0.2, 0.25) is 0 Å². The van der Waals surface area contributed by atoms with Gasteiger partial charge in [-0.25, -0.2) is 9.97 Å². The normalized spacial score (nSPS) is 11.0. The zero-order valence-electron chi connectivity index (χ0n) is 14.7. The number of nitrogens with zero attached hydrogens (tertiary/aromatic N) is 5. The summed E-state index contributed by atoms with van der Waals surface area (Å²) < 4.78 is 3.98. The number of rotatable bonds is 7. The molecule has 0 saturated heterocycles. The summed E-state index contributed by atoms with van der Waals surface area (Å²) in [4.78, 5) is 20.8. The first-order valence-electron chi connectivity index (χ1n) is 8.34. The molecule has 3 rings (SSSR count). The minimum absolute atomic E-state index is 0.0142. The summed E-state index contributed by atoms with van der Waals surface area (Å²) in [6.45, 7) is 7.66. The highest BCUT2D eigenvalue weighted by molar-refractivity contribution is 7.14. The fraction of sp³-hybridized carbons (Fsp3) is 0.412. The van der Waals surface area contributed by atoms with Crippen LogP contribution in [0.1, 0.15) is 31.3 Å². The summed E-state index contributed by atoms with van der Waals surface area (Å²) in [5.74, 6) is 0.951. The largest absolute Gasteiger partial charge is 0.335 e. The highest BCUT2D eigenvalue weighted by atomic mass is 32.1. The zero-order chi connectivity index (χ0) is 17.8. The number of hydrogen-bond donors (Lipinski definition) is 1. The van der Waals surface area contributed by atoms with Gasteiger partial charge in [-0.3, -0.25) is 9.48 Å². The zero-order valence-corrected chi connectivity index (χ0v) is 15.5. The molecule has 8 heteroatoms. The second-order valence-electron chi connectivity index (χ2n) is 5.82. The van der Waals surface area contributed by atoms with Crippen LogP contribution in [0, 0.1) is 13.8 Å². The molecule has 0 aliphatic rings. The van der Waals surface area contributed by atoms with Crippen molar-refractivity contribution in [1.82, 2.24) is 24.3 Å². The van der Waals surface area contributed by atoms with Crippen molar-refractivity contribution in [2.24, 2.45) is 0 Å². The first-order chi connectivity index (χ1) is 12.1. The molecule has 0 bridgehead atoms. The number of nitrogens with one attached hydrogen (secondary N) is 1. The van der Waals surface area contributed by atoms with Crippen LogP contribution in [0.15, 0.2) is 24.0 Å². The number of anilines is 1. The van der Waals surface area contributed by atoms with Gasteiger partial charge in [0, 0.05) is 48.5 Å². The highest BCUT2D eigenvalue weighted by Gasteiger charge is 2.12. The first-order valence-corrected chi connectivity index (χ1v) is 9.22. The lowest BCUT2D eigenvalue weighted by Gasteiger charge is -2.04. The van der Waals surface area contributed by atoms with Crippen molar-refractivity contribution in [3.05, 3.63) is 35.5 Å². The Morgan fingerprint density at radius 2 is 2.20 bits per heavy atom. The van der Waals surface area contributed by atoms with E-state index in [4.69, 9.17) is 0 Å². The quantitative estimate of drug-likeness (QED) is 0.703. The van der Waals surface area contributed by atoms with Crippen molar-refractivity contribution in [3.8, 4) is 11.3 Å². The van der Waals surface area contributed by atoms with E-state index in [2.05, 4.69) is 27.3 Å². The summed E-state index contributed by atoms with van der Waals surface area (Å²) in [6, 6.07) is 0. The van der Waals surface area contributed by atoms with Crippen LogP contribution in [0.3, 0.4) is 0 Å². The van der Waals surface area contributed by atoms with Crippen LogP contribution in [0.5, 0.6) is 0 Å². The Labute approximate surface area is 150 Å². The molecule has 132 valence electrons. The Hall–Kier alpha value is -2.48. The molecule has 0 aliphatic carbocycles. The van der Waals surface area contributed by atoms with E-state index >= 15 is 0 Å². The second-order valence-corrected chi connectivity index (χ2v) is 6.67. The standard InChI is InChI=1S/C17H22N6OS/c1-4-23-12(2)14(10-19-23)15-11-25-17(20-15)21-16(24)6-5-8-22-9-7-18-13(22)3/h7,9-11H,4-6,8H2,1-3H3,(H,20,21,24). The van der Waals surface area contributed by atoms with Crippen molar-refractivity contribution < 1.29 is 4.79 Å². The summed E-state index contributed by atoms with van der Waals surface area (Å²) in [7, 11) is 0. The van der Waals surface area contributed by atoms with Gasteiger partial charge in [-0.1, -0.05) is 0 Å². The lowest BCUT2D eigenvalue weighted by Crippen LogP contribution is -2.12. The van der Waals surface area contributed by atoms with E-state index in [1.54, 1.807) is 6.20 Å². The van der Waals surface area contributed by atoms with E-state index in [0.29, 0.717) is 11.6 Å². The Kier molecular flexibility index (Phi) is 5.28. The van der Waals surface area contributed by atoms with Crippen LogP contribution < -0.4 is 5.32 Å². The van der Waals surface area contributed by atoms with E-state index in [1.165, 1.54) is 11.3 Å². The van der Waals surface area contributed by atoms with Crippen molar-refractivity contribution in [1.29, 1.82) is 0 Å². The molecule has 0 saturated carbocycles. The molecular formula is C17H22N6OS. The third kappa shape index (κ3) is 3.96. The summed E-state index contributed by atoms with van der Waals surface area (Å²) in [6.07, 6.45) is 6.75. The minimum Gasteiger partial charge on any atom is -0.335 e. The monoisotopic (exact) mass is 358 g/mol. The van der Waals surface area contributed by atoms with Crippen LogP contribution in [0.25, 0.3) is 11.3 Å². The fourth-order valence-electron chi connectivity index (χ4n) is 2.70. The van der Waals surface area contributed by atoms with Gasteiger partial charge < -0.3 is 9.88 Å². The number of carbonyl (C=O) groups excluding carboxylic acids is 1. The maximum absolute atomic E-state index is 12.1. The van der Waals surface area contributed by atoms with Gasteiger partial charge in [-0.2, -0.15) is 5.10 Å². The van der Waals surface area contributed by atoms with Gasteiger partial charge in [0.05, 0.1) is 11.9 Å². The predicted octanol–water partition coefficient (Wildman–Crippen LogP) is 3.26. The van der Waals surface area contributed by atoms with Gasteiger partial charge in [0.2, 0.25) is 5.91 Å². The molecule has 3 aromatic rings. The van der Waals surface area contributed by atoms with Crippen molar-refractivity contribution in [2.75, 3.05) is 5.32 Å². The number of carbonyl (C=O) groups is 1. The molecule has 0 atom stereocenters. The third-order valence-electron chi connectivity index (χ3n) is 4.16. The smallest absolute Gasteiger partial charge is 0.226 e. The molecule has 7 nitrogen and oxygen atoms in total. The lowest BCUT2D eigenvalue weighted by molar-refractivity contribution is -0.116. The molecule has 1 N–H and O–H groups in total. The molecule has 0 aliphatic heterocycles. The highest BCUT2D eigenvalue weighted by Crippen LogP contribution is 2.27. The topological polar surface area (TPSA) is 77.6 Å². The molecule has 0 fully saturated rings. The predicted molar refractivity (Wildman–Crippen MR) is 98.6 cm³/mol. The van der Waals surface area contributed by atoms with Crippen molar-refractivity contribution in [3.63, 3.8) is 0 Å². The average Bonchev–Trinajstić information content (AvgIpc) is 3.29. The fourth-order valence-corrected chi connectivity index (χ4v) is 3.43. The van der Waals surface area contributed by atoms with Gasteiger partial charge in [0.25, 0.3) is 0 Å². The van der Waals surface area contributed by atoms with Crippen LogP contribution >= 0.6 is 11.3 Å². The van der Waals surface area contributed by atoms with Gasteiger partial charge in [-0.15, -0.1) is 11.3 Å². The Morgan fingerprint density at radius 3 is 2.88 bits per heavy atom. The maximum atomic E-state index is 12.1. The number of hydrogen-bond acceptors (Lipinski definition) is 5. The summed E-state index contributed by atoms with van der Waals surface area (Å²) >= 11 is 1.44. The molecule has 0 spiro atoms. The number of thiazole rings is 1. The van der Waals surface area contributed by atoms with Crippen LogP contribution in [0.4, 0.5) is 5.13 Å². The first kappa shape index (κ1) is 17.3. The molecule has 3 heterocycles. The number of aromatic nitrogens is 5. The van der Waals surface area contributed by atoms with Crippen molar-refractivity contribution in [2.45, 2.75) is 46.7 Å². The Morgan fingerprint density at radius 1 is 1.36 bits per heavy atom. The van der Waals surface area contributed by atoms with E-state index in [-0.39, 0.29) is 5.91 Å². The van der Waals surface area contributed by atoms with Gasteiger partial charge in [0.1, 0.15) is 5.82 Å². The molecular weight excluding hydrogens is 336 g/mol. The summed E-state index contributed by atoms with van der Waals surface area (Å²) in [5, 5.41) is 9.80. The average molecular weight is 358 g/mol. The van der Waals surface area contributed by atoms with Gasteiger partial charge in [-0.05, 0) is 27.2 Å². The molecule has 3 aromatic heterocycles. The minimum atomic E-state index is -0.0142.